The second-order valence-electron chi connectivity index (χ2n) is 6.33. The Morgan fingerprint density at radius 1 is 1.32 bits per heavy atom. The van der Waals surface area contributed by atoms with Crippen LogP contribution in [0.3, 0.4) is 0 Å². The summed E-state index contributed by atoms with van der Waals surface area (Å²) in [6.07, 6.45) is 5.40. The van der Waals surface area contributed by atoms with E-state index in [0.29, 0.717) is 5.56 Å². The maximum Gasteiger partial charge on any atom is 0.337 e. The number of aryl methyl sites for hydroxylation is 1. The third-order valence-electron chi connectivity index (χ3n) is 4.68. The highest BCUT2D eigenvalue weighted by Gasteiger charge is 2.28. The number of halogens is 1. The SMILES string of the molecule is COC(=O)c1ccc(C)c(S(=O)(=O)NC(CN)C2CCCCC2)c1.Cl. The van der Waals surface area contributed by atoms with Gasteiger partial charge in [-0.05, 0) is 43.4 Å². The van der Waals surface area contributed by atoms with Gasteiger partial charge in [-0.15, -0.1) is 12.4 Å². The highest BCUT2D eigenvalue weighted by Crippen LogP contribution is 2.27. The molecule has 1 saturated carbocycles. The average Bonchev–Trinajstić information content (AvgIpc) is 2.60. The first-order valence-electron chi connectivity index (χ1n) is 8.30. The van der Waals surface area contributed by atoms with Gasteiger partial charge >= 0.3 is 5.97 Å². The Morgan fingerprint density at radius 2 is 1.96 bits per heavy atom. The predicted molar refractivity (Wildman–Crippen MR) is 99.5 cm³/mol. The molecule has 1 aliphatic rings. The lowest BCUT2D eigenvalue weighted by molar-refractivity contribution is 0.0600. The quantitative estimate of drug-likeness (QED) is 0.726. The fourth-order valence-electron chi connectivity index (χ4n) is 3.27. The zero-order valence-corrected chi connectivity index (χ0v) is 16.3. The number of nitrogens with one attached hydrogen (secondary N) is 1. The van der Waals surface area contributed by atoms with Gasteiger partial charge in [-0.25, -0.2) is 17.9 Å². The Labute approximate surface area is 156 Å². The molecule has 1 unspecified atom stereocenters. The lowest BCUT2D eigenvalue weighted by Gasteiger charge is -2.30. The fourth-order valence-corrected chi connectivity index (χ4v) is 4.86. The topological polar surface area (TPSA) is 98.5 Å². The van der Waals surface area contributed by atoms with Crippen molar-refractivity contribution in [3.8, 4) is 0 Å². The van der Waals surface area contributed by atoms with E-state index in [-0.39, 0.29) is 41.4 Å². The van der Waals surface area contributed by atoms with Crippen LogP contribution in [0.4, 0.5) is 0 Å². The second-order valence-corrected chi connectivity index (χ2v) is 8.02. The molecule has 8 heteroatoms. The number of benzene rings is 1. The number of methoxy groups -OCH3 is 1. The summed E-state index contributed by atoms with van der Waals surface area (Å²) in [5.41, 5.74) is 6.62. The fraction of sp³-hybridized carbons (Fsp3) is 0.588. The van der Waals surface area contributed by atoms with Crippen molar-refractivity contribution in [3.63, 3.8) is 0 Å². The molecule has 1 aromatic carbocycles. The zero-order valence-electron chi connectivity index (χ0n) is 14.7. The van der Waals surface area contributed by atoms with E-state index >= 15 is 0 Å². The minimum Gasteiger partial charge on any atom is -0.465 e. The molecule has 0 bridgehead atoms. The number of nitrogens with two attached hydrogens (primary N) is 1. The summed E-state index contributed by atoms with van der Waals surface area (Å²) in [5, 5.41) is 0. The van der Waals surface area contributed by atoms with Crippen LogP contribution in [0.15, 0.2) is 23.1 Å². The van der Waals surface area contributed by atoms with Gasteiger partial charge < -0.3 is 10.5 Å². The summed E-state index contributed by atoms with van der Waals surface area (Å²) in [6.45, 7) is 1.97. The summed E-state index contributed by atoms with van der Waals surface area (Å²) in [6, 6.07) is 4.25. The number of carbonyl (C=O) groups is 1. The number of esters is 1. The summed E-state index contributed by atoms with van der Waals surface area (Å²) < 4.78 is 33.0. The van der Waals surface area contributed by atoms with Crippen LogP contribution in [-0.4, -0.2) is 34.1 Å². The van der Waals surface area contributed by atoms with Gasteiger partial charge in [0.05, 0.1) is 17.6 Å². The molecule has 0 radical (unpaired) electrons. The van der Waals surface area contributed by atoms with Crippen LogP contribution in [0, 0.1) is 12.8 Å². The number of ether oxygens (including phenoxy) is 1. The van der Waals surface area contributed by atoms with Crippen molar-refractivity contribution in [1.82, 2.24) is 4.72 Å². The molecule has 3 N–H and O–H groups in total. The molecule has 0 spiro atoms. The molecule has 0 heterocycles. The molecule has 2 rings (SSSR count). The number of hydrogen-bond acceptors (Lipinski definition) is 5. The lowest BCUT2D eigenvalue weighted by Crippen LogP contribution is -2.46. The van der Waals surface area contributed by atoms with E-state index in [1.165, 1.54) is 19.6 Å². The van der Waals surface area contributed by atoms with Crippen LogP contribution in [0.25, 0.3) is 0 Å². The van der Waals surface area contributed by atoms with E-state index in [4.69, 9.17) is 5.73 Å². The van der Waals surface area contributed by atoms with Gasteiger partial charge in [0.15, 0.2) is 0 Å². The largest absolute Gasteiger partial charge is 0.465 e. The summed E-state index contributed by atoms with van der Waals surface area (Å²) in [4.78, 5) is 11.8. The molecule has 0 aliphatic heterocycles. The molecular weight excluding hydrogens is 364 g/mol. The molecule has 0 aromatic heterocycles. The van der Waals surface area contributed by atoms with Crippen molar-refractivity contribution >= 4 is 28.4 Å². The van der Waals surface area contributed by atoms with Crippen LogP contribution in [0.2, 0.25) is 0 Å². The van der Waals surface area contributed by atoms with E-state index in [2.05, 4.69) is 9.46 Å². The molecule has 1 aromatic rings. The Kier molecular flexibility index (Phi) is 8.34. The Bertz CT molecular complexity index is 688. The van der Waals surface area contributed by atoms with E-state index in [1.807, 2.05) is 0 Å². The van der Waals surface area contributed by atoms with E-state index in [9.17, 15) is 13.2 Å². The standard InChI is InChI=1S/C17H26N2O4S.ClH/c1-12-8-9-14(17(20)23-2)10-16(12)24(21,22)19-15(11-18)13-6-4-3-5-7-13;/h8-10,13,15,19H,3-7,11,18H2,1-2H3;1H. The second kappa shape index (κ2) is 9.52. The highest BCUT2D eigenvalue weighted by atomic mass is 35.5. The first kappa shape index (κ1) is 21.9. The number of rotatable bonds is 6. The third-order valence-corrected chi connectivity index (χ3v) is 6.31. The first-order valence-corrected chi connectivity index (χ1v) is 9.78. The number of sulfonamides is 1. The lowest BCUT2D eigenvalue weighted by atomic mass is 9.84. The van der Waals surface area contributed by atoms with Gasteiger partial charge in [0.2, 0.25) is 10.0 Å². The Balaban J connectivity index is 0.00000312. The van der Waals surface area contributed by atoms with Gasteiger partial charge in [-0.3, -0.25) is 0 Å². The molecule has 1 atom stereocenters. The van der Waals surface area contributed by atoms with E-state index in [0.717, 1.165) is 25.7 Å². The highest BCUT2D eigenvalue weighted by molar-refractivity contribution is 7.89. The predicted octanol–water partition coefficient (Wildman–Crippen LogP) is 2.39. The minimum atomic E-state index is -3.75. The smallest absolute Gasteiger partial charge is 0.337 e. The molecule has 0 saturated heterocycles. The van der Waals surface area contributed by atoms with Crippen LogP contribution >= 0.6 is 12.4 Å². The maximum absolute atomic E-state index is 12.8. The van der Waals surface area contributed by atoms with Gasteiger partial charge in [0.1, 0.15) is 0 Å². The van der Waals surface area contributed by atoms with Gasteiger partial charge in [-0.2, -0.15) is 0 Å². The molecule has 1 aliphatic carbocycles. The first-order chi connectivity index (χ1) is 11.4. The summed E-state index contributed by atoms with van der Waals surface area (Å²) in [5.74, 6) is -0.295. The minimum absolute atomic E-state index is 0. The molecule has 0 amide bonds. The van der Waals surface area contributed by atoms with Crippen LogP contribution in [0.1, 0.15) is 48.0 Å². The number of hydrogen-bond donors (Lipinski definition) is 2. The van der Waals surface area contributed by atoms with Crippen molar-refractivity contribution in [2.45, 2.75) is 50.0 Å². The monoisotopic (exact) mass is 390 g/mol. The van der Waals surface area contributed by atoms with Gasteiger partial charge in [-0.1, -0.05) is 25.3 Å². The molecule has 25 heavy (non-hydrogen) atoms. The van der Waals surface area contributed by atoms with E-state index in [1.54, 1.807) is 19.1 Å². The Hall–Kier alpha value is -1.15. The van der Waals surface area contributed by atoms with Crippen LogP contribution < -0.4 is 10.5 Å². The summed E-state index contributed by atoms with van der Waals surface area (Å²) in [7, 11) is -2.49. The molecular formula is C17H27ClN2O4S. The normalized spacial score (nSPS) is 16.8. The van der Waals surface area contributed by atoms with Crippen LogP contribution in [0.5, 0.6) is 0 Å². The Morgan fingerprint density at radius 3 is 2.52 bits per heavy atom. The van der Waals surface area contributed by atoms with Crippen molar-refractivity contribution in [3.05, 3.63) is 29.3 Å². The van der Waals surface area contributed by atoms with Crippen molar-refractivity contribution < 1.29 is 17.9 Å². The van der Waals surface area contributed by atoms with Crippen molar-refractivity contribution in [1.29, 1.82) is 0 Å². The third kappa shape index (κ3) is 5.41. The van der Waals surface area contributed by atoms with Crippen LogP contribution in [-0.2, 0) is 14.8 Å². The van der Waals surface area contributed by atoms with Gasteiger partial charge in [0, 0.05) is 12.6 Å². The average molecular weight is 391 g/mol. The molecule has 6 nitrogen and oxygen atoms in total. The van der Waals surface area contributed by atoms with Gasteiger partial charge in [0.25, 0.3) is 0 Å². The maximum atomic E-state index is 12.8. The summed E-state index contributed by atoms with van der Waals surface area (Å²) >= 11 is 0. The van der Waals surface area contributed by atoms with Crippen molar-refractivity contribution in [2.24, 2.45) is 11.7 Å². The molecule has 1 fully saturated rings. The zero-order chi connectivity index (χ0) is 17.7. The van der Waals surface area contributed by atoms with Crippen molar-refractivity contribution in [2.75, 3.05) is 13.7 Å². The van der Waals surface area contributed by atoms with E-state index < -0.39 is 16.0 Å². The molecule has 142 valence electrons. The number of carbonyl (C=O) groups excluding carboxylic acids is 1.